The number of benzene rings is 1. The van der Waals surface area contributed by atoms with Gasteiger partial charge >= 0.3 is 0 Å². The standard InChI is InChI=1S/C26H38N6O/c1-7-18-12-13-22-19(14-18)15-20(25(33)27-22)16-31(21-10-8-9-11-21)23(17(2)3)24-28-29-30-32(24)26(4,5)6/h12-15,17,21,23H,7-11,16H2,1-6H3,(H,27,33). The molecule has 1 saturated carbocycles. The summed E-state index contributed by atoms with van der Waals surface area (Å²) in [7, 11) is 0. The molecule has 178 valence electrons. The normalized spacial score (nSPS) is 16.4. The van der Waals surface area contributed by atoms with E-state index in [2.05, 4.69) is 85.2 Å². The van der Waals surface area contributed by atoms with Gasteiger partial charge in [-0.25, -0.2) is 4.68 Å². The highest BCUT2D eigenvalue weighted by molar-refractivity contribution is 5.79. The van der Waals surface area contributed by atoms with E-state index in [1.165, 1.54) is 18.4 Å². The van der Waals surface area contributed by atoms with Crippen molar-refractivity contribution in [2.24, 2.45) is 5.92 Å². The molecule has 0 bridgehead atoms. The number of aryl methyl sites for hydroxylation is 1. The van der Waals surface area contributed by atoms with E-state index in [-0.39, 0.29) is 17.1 Å². The van der Waals surface area contributed by atoms with Crippen LogP contribution in [0.4, 0.5) is 0 Å². The van der Waals surface area contributed by atoms with Crippen LogP contribution in [0.5, 0.6) is 0 Å². The molecule has 7 heteroatoms. The topological polar surface area (TPSA) is 79.7 Å². The predicted molar refractivity (Wildman–Crippen MR) is 132 cm³/mol. The second-order valence-corrected chi connectivity index (χ2v) is 10.8. The molecule has 1 unspecified atom stereocenters. The quantitative estimate of drug-likeness (QED) is 0.549. The van der Waals surface area contributed by atoms with Gasteiger partial charge in [-0.05, 0) is 85.5 Å². The molecule has 1 aliphatic carbocycles. The number of tetrazole rings is 1. The van der Waals surface area contributed by atoms with Gasteiger partial charge in [0.05, 0.1) is 11.6 Å². The maximum atomic E-state index is 13.1. The minimum absolute atomic E-state index is 0.00679. The van der Waals surface area contributed by atoms with Crippen molar-refractivity contribution in [3.8, 4) is 0 Å². The van der Waals surface area contributed by atoms with Crippen molar-refractivity contribution in [2.75, 3.05) is 0 Å². The smallest absolute Gasteiger partial charge is 0.252 e. The van der Waals surface area contributed by atoms with Gasteiger partial charge < -0.3 is 4.98 Å². The zero-order chi connectivity index (χ0) is 23.8. The van der Waals surface area contributed by atoms with E-state index in [4.69, 9.17) is 0 Å². The van der Waals surface area contributed by atoms with Crippen LogP contribution in [0.25, 0.3) is 10.9 Å². The minimum Gasteiger partial charge on any atom is -0.322 e. The van der Waals surface area contributed by atoms with Crippen molar-refractivity contribution >= 4 is 10.9 Å². The molecule has 33 heavy (non-hydrogen) atoms. The third-order valence-electron chi connectivity index (χ3n) is 6.92. The van der Waals surface area contributed by atoms with E-state index < -0.39 is 0 Å². The summed E-state index contributed by atoms with van der Waals surface area (Å²) in [6.45, 7) is 13.6. The Morgan fingerprint density at radius 3 is 2.55 bits per heavy atom. The van der Waals surface area contributed by atoms with Crippen LogP contribution in [0.3, 0.4) is 0 Å². The van der Waals surface area contributed by atoms with Crippen molar-refractivity contribution in [3.05, 3.63) is 51.6 Å². The van der Waals surface area contributed by atoms with Crippen molar-refractivity contribution in [3.63, 3.8) is 0 Å². The number of hydrogen-bond donors (Lipinski definition) is 1. The zero-order valence-electron chi connectivity index (χ0n) is 20.9. The number of hydrogen-bond acceptors (Lipinski definition) is 5. The summed E-state index contributed by atoms with van der Waals surface area (Å²) >= 11 is 0. The average Bonchev–Trinajstić information content (AvgIpc) is 3.45. The highest BCUT2D eigenvalue weighted by Crippen LogP contribution is 2.37. The highest BCUT2D eigenvalue weighted by Gasteiger charge is 2.37. The minimum atomic E-state index is -0.218. The first-order valence-electron chi connectivity index (χ1n) is 12.4. The molecule has 1 fully saturated rings. The molecular formula is C26H38N6O. The Balaban J connectivity index is 1.79. The Morgan fingerprint density at radius 2 is 1.91 bits per heavy atom. The van der Waals surface area contributed by atoms with Crippen LogP contribution in [0.2, 0.25) is 0 Å². The molecule has 0 aliphatic heterocycles. The molecule has 0 spiro atoms. The summed E-state index contributed by atoms with van der Waals surface area (Å²) in [5.74, 6) is 1.18. The second-order valence-electron chi connectivity index (χ2n) is 10.8. The molecule has 1 atom stereocenters. The lowest BCUT2D eigenvalue weighted by Crippen LogP contribution is -2.42. The van der Waals surface area contributed by atoms with Crippen molar-refractivity contribution in [1.29, 1.82) is 0 Å². The summed E-state index contributed by atoms with van der Waals surface area (Å²) in [4.78, 5) is 18.7. The van der Waals surface area contributed by atoms with E-state index in [9.17, 15) is 4.79 Å². The molecule has 1 aromatic carbocycles. The fourth-order valence-corrected chi connectivity index (χ4v) is 5.21. The second kappa shape index (κ2) is 9.37. The van der Waals surface area contributed by atoms with E-state index >= 15 is 0 Å². The molecular weight excluding hydrogens is 412 g/mol. The number of aromatic nitrogens is 5. The van der Waals surface area contributed by atoms with Gasteiger partial charge in [0.1, 0.15) is 0 Å². The molecule has 1 N–H and O–H groups in total. The number of H-pyrrole nitrogens is 1. The largest absolute Gasteiger partial charge is 0.322 e. The Hall–Kier alpha value is -2.54. The number of nitrogens with one attached hydrogen (secondary N) is 1. The summed E-state index contributed by atoms with van der Waals surface area (Å²) in [6, 6.07) is 8.82. The lowest BCUT2D eigenvalue weighted by Gasteiger charge is -2.39. The Bertz CT molecular complexity index is 1150. The van der Waals surface area contributed by atoms with Gasteiger partial charge in [-0.3, -0.25) is 9.69 Å². The van der Waals surface area contributed by atoms with Crippen molar-refractivity contribution in [1.82, 2.24) is 30.1 Å². The molecule has 2 heterocycles. The molecule has 4 rings (SSSR count). The number of aromatic amines is 1. The first-order chi connectivity index (χ1) is 15.7. The SMILES string of the molecule is CCc1ccc2[nH]c(=O)c(CN(C3CCCC3)C(c3nnnn3C(C)(C)C)C(C)C)cc2c1. The van der Waals surface area contributed by atoms with Gasteiger partial charge in [-0.1, -0.05) is 39.7 Å². The molecule has 0 radical (unpaired) electrons. The van der Waals surface area contributed by atoms with Crippen LogP contribution >= 0.6 is 0 Å². The van der Waals surface area contributed by atoms with E-state index in [0.29, 0.717) is 18.5 Å². The van der Waals surface area contributed by atoms with Crippen molar-refractivity contribution < 1.29 is 0 Å². The summed E-state index contributed by atoms with van der Waals surface area (Å²) in [5.41, 5.74) is 2.75. The molecule has 0 saturated heterocycles. The first-order valence-corrected chi connectivity index (χ1v) is 12.4. The third-order valence-corrected chi connectivity index (χ3v) is 6.92. The Morgan fingerprint density at radius 1 is 1.18 bits per heavy atom. The first kappa shape index (κ1) is 23.6. The summed E-state index contributed by atoms with van der Waals surface area (Å²) in [5, 5.41) is 14.0. The number of fused-ring (bicyclic) bond motifs is 1. The maximum absolute atomic E-state index is 13.1. The van der Waals surface area contributed by atoms with Gasteiger partial charge in [0.25, 0.3) is 5.56 Å². The molecule has 0 amide bonds. The molecule has 1 aliphatic rings. The Labute approximate surface area is 196 Å². The lowest BCUT2D eigenvalue weighted by molar-refractivity contribution is 0.0802. The number of rotatable bonds is 7. The van der Waals surface area contributed by atoms with E-state index in [0.717, 1.165) is 41.6 Å². The fourth-order valence-electron chi connectivity index (χ4n) is 5.21. The van der Waals surface area contributed by atoms with Gasteiger partial charge in [0, 0.05) is 23.7 Å². The monoisotopic (exact) mass is 450 g/mol. The molecule has 2 aromatic heterocycles. The maximum Gasteiger partial charge on any atom is 0.252 e. The van der Waals surface area contributed by atoms with Gasteiger partial charge in [-0.15, -0.1) is 5.10 Å². The van der Waals surface area contributed by atoms with E-state index in [1.54, 1.807) is 0 Å². The summed E-state index contributed by atoms with van der Waals surface area (Å²) < 4.78 is 1.96. The van der Waals surface area contributed by atoms with Gasteiger partial charge in [0.15, 0.2) is 5.82 Å². The van der Waals surface area contributed by atoms with Crippen LogP contribution < -0.4 is 5.56 Å². The van der Waals surface area contributed by atoms with E-state index in [1.807, 2.05) is 10.7 Å². The third kappa shape index (κ3) is 4.88. The number of nitrogens with zero attached hydrogens (tertiary/aromatic N) is 5. The molecule has 3 aromatic rings. The van der Waals surface area contributed by atoms with Crippen LogP contribution in [-0.2, 0) is 18.5 Å². The highest BCUT2D eigenvalue weighted by atomic mass is 16.1. The lowest BCUT2D eigenvalue weighted by atomic mass is 9.96. The summed E-state index contributed by atoms with van der Waals surface area (Å²) in [6.07, 6.45) is 5.72. The van der Waals surface area contributed by atoms with Gasteiger partial charge in [0.2, 0.25) is 0 Å². The average molecular weight is 451 g/mol. The van der Waals surface area contributed by atoms with Crippen molar-refractivity contribution in [2.45, 2.75) is 97.8 Å². The van der Waals surface area contributed by atoms with Crippen LogP contribution in [0.15, 0.2) is 29.1 Å². The van der Waals surface area contributed by atoms with Crippen LogP contribution in [-0.4, -0.2) is 36.1 Å². The predicted octanol–water partition coefficient (Wildman–Crippen LogP) is 4.97. The Kier molecular flexibility index (Phi) is 6.71. The van der Waals surface area contributed by atoms with Crippen LogP contribution in [0.1, 0.15) is 90.2 Å². The molecule has 7 nitrogen and oxygen atoms in total. The van der Waals surface area contributed by atoms with Crippen LogP contribution in [0, 0.1) is 5.92 Å². The number of pyridine rings is 1. The zero-order valence-corrected chi connectivity index (χ0v) is 20.9. The van der Waals surface area contributed by atoms with Gasteiger partial charge in [-0.2, -0.15) is 0 Å². The fraction of sp³-hybridized carbons (Fsp3) is 0.615.